The average molecular weight is 227 g/mol. The Morgan fingerprint density at radius 1 is 1.44 bits per heavy atom. The zero-order chi connectivity index (χ0) is 12.2. The van der Waals surface area contributed by atoms with E-state index in [2.05, 4.69) is 5.32 Å². The second-order valence-electron chi connectivity index (χ2n) is 5.33. The van der Waals surface area contributed by atoms with Crippen molar-refractivity contribution in [3.63, 3.8) is 0 Å². The molecular weight excluding hydrogens is 206 g/mol. The lowest BCUT2D eigenvalue weighted by atomic mass is 9.97. The van der Waals surface area contributed by atoms with Crippen LogP contribution in [0.2, 0.25) is 0 Å². The highest BCUT2D eigenvalue weighted by molar-refractivity contribution is 5.76. The van der Waals surface area contributed by atoms with Gasteiger partial charge in [-0.25, -0.2) is 0 Å². The second kappa shape index (κ2) is 5.32. The summed E-state index contributed by atoms with van der Waals surface area (Å²) in [6, 6.07) is 0. The van der Waals surface area contributed by atoms with E-state index >= 15 is 0 Å². The number of hydrogen-bond acceptors (Lipinski definition) is 3. The topological polar surface area (TPSA) is 55.4 Å². The fourth-order valence-corrected chi connectivity index (χ4v) is 1.81. The van der Waals surface area contributed by atoms with Gasteiger partial charge in [-0.1, -0.05) is 0 Å². The van der Waals surface area contributed by atoms with Crippen molar-refractivity contribution >= 4 is 11.9 Å². The lowest BCUT2D eigenvalue weighted by molar-refractivity contribution is -0.156. The molecule has 1 rings (SSSR count). The third kappa shape index (κ3) is 5.14. The normalized spacial score (nSPS) is 22.2. The predicted molar refractivity (Wildman–Crippen MR) is 60.8 cm³/mol. The summed E-state index contributed by atoms with van der Waals surface area (Å²) in [6.07, 6.45) is 2.59. The van der Waals surface area contributed by atoms with Gasteiger partial charge in [0.2, 0.25) is 5.91 Å². The first-order valence-electron chi connectivity index (χ1n) is 5.85. The molecule has 0 aromatic heterocycles. The van der Waals surface area contributed by atoms with Crippen molar-refractivity contribution in [2.24, 2.45) is 5.92 Å². The Hall–Kier alpha value is -1.06. The monoisotopic (exact) mass is 227 g/mol. The number of ether oxygens (including phenoxy) is 1. The van der Waals surface area contributed by atoms with Crippen LogP contribution in [0.5, 0.6) is 0 Å². The van der Waals surface area contributed by atoms with E-state index in [1.807, 2.05) is 20.8 Å². The molecule has 0 radical (unpaired) electrons. The number of nitrogens with one attached hydrogen (secondary N) is 1. The fraction of sp³-hybridized carbons (Fsp3) is 0.833. The van der Waals surface area contributed by atoms with Crippen LogP contribution in [0.4, 0.5) is 0 Å². The van der Waals surface area contributed by atoms with E-state index < -0.39 is 5.60 Å². The SMILES string of the molecule is CC(C)(C)OC(=O)CC1CCNC(=O)CC1. The summed E-state index contributed by atoms with van der Waals surface area (Å²) in [4.78, 5) is 22.7. The van der Waals surface area contributed by atoms with Crippen LogP contribution in [0.15, 0.2) is 0 Å². The number of rotatable bonds is 2. The molecule has 1 amide bonds. The van der Waals surface area contributed by atoms with E-state index in [0.717, 1.165) is 12.8 Å². The minimum absolute atomic E-state index is 0.0895. The van der Waals surface area contributed by atoms with Gasteiger partial charge < -0.3 is 10.1 Å². The Morgan fingerprint density at radius 2 is 2.12 bits per heavy atom. The summed E-state index contributed by atoms with van der Waals surface area (Å²) in [6.45, 7) is 6.27. The largest absolute Gasteiger partial charge is 0.460 e. The number of carbonyl (C=O) groups excluding carboxylic acids is 2. The first-order chi connectivity index (χ1) is 7.37. The minimum Gasteiger partial charge on any atom is -0.460 e. The smallest absolute Gasteiger partial charge is 0.306 e. The molecule has 1 heterocycles. The van der Waals surface area contributed by atoms with Gasteiger partial charge in [0.05, 0.1) is 0 Å². The van der Waals surface area contributed by atoms with Gasteiger partial charge in [-0.05, 0) is 39.5 Å². The summed E-state index contributed by atoms with van der Waals surface area (Å²) in [5.74, 6) is 0.201. The summed E-state index contributed by atoms with van der Waals surface area (Å²) in [5.41, 5.74) is -0.421. The highest BCUT2D eigenvalue weighted by Gasteiger charge is 2.22. The zero-order valence-electron chi connectivity index (χ0n) is 10.3. The summed E-state index contributed by atoms with van der Waals surface area (Å²) in [5, 5.41) is 2.80. The third-order valence-corrected chi connectivity index (χ3v) is 2.53. The molecule has 1 aliphatic heterocycles. The van der Waals surface area contributed by atoms with Gasteiger partial charge in [-0.3, -0.25) is 9.59 Å². The molecule has 1 aliphatic rings. The molecule has 1 fully saturated rings. The van der Waals surface area contributed by atoms with Gasteiger partial charge in [-0.2, -0.15) is 0 Å². The summed E-state index contributed by atoms with van der Waals surface area (Å²) in [7, 11) is 0. The number of amides is 1. The van der Waals surface area contributed by atoms with E-state index in [1.54, 1.807) is 0 Å². The molecule has 1 saturated heterocycles. The maximum Gasteiger partial charge on any atom is 0.306 e. The van der Waals surface area contributed by atoms with Gasteiger partial charge in [-0.15, -0.1) is 0 Å². The molecule has 1 N–H and O–H groups in total. The summed E-state index contributed by atoms with van der Waals surface area (Å²) < 4.78 is 5.26. The molecule has 0 aromatic carbocycles. The molecule has 0 bridgehead atoms. The van der Waals surface area contributed by atoms with Gasteiger partial charge >= 0.3 is 5.97 Å². The van der Waals surface area contributed by atoms with Crippen LogP contribution in [0.3, 0.4) is 0 Å². The van der Waals surface area contributed by atoms with Gasteiger partial charge in [0.15, 0.2) is 0 Å². The quantitative estimate of drug-likeness (QED) is 0.729. The number of carbonyl (C=O) groups is 2. The van der Waals surface area contributed by atoms with Crippen LogP contribution < -0.4 is 5.32 Å². The molecule has 92 valence electrons. The number of esters is 1. The van der Waals surface area contributed by atoms with E-state index in [4.69, 9.17) is 4.74 Å². The lowest BCUT2D eigenvalue weighted by Crippen LogP contribution is -2.25. The summed E-state index contributed by atoms with van der Waals surface area (Å²) >= 11 is 0. The maximum absolute atomic E-state index is 11.6. The van der Waals surface area contributed by atoms with Crippen LogP contribution in [0.25, 0.3) is 0 Å². The van der Waals surface area contributed by atoms with Gasteiger partial charge in [0.1, 0.15) is 5.60 Å². The maximum atomic E-state index is 11.6. The van der Waals surface area contributed by atoms with E-state index in [1.165, 1.54) is 0 Å². The minimum atomic E-state index is -0.421. The molecule has 16 heavy (non-hydrogen) atoms. The molecular formula is C12H21NO3. The predicted octanol–water partition coefficient (Wildman–Crippen LogP) is 1.63. The van der Waals surface area contributed by atoms with Crippen molar-refractivity contribution in [2.75, 3.05) is 6.54 Å². The van der Waals surface area contributed by atoms with Crippen molar-refractivity contribution in [3.8, 4) is 0 Å². The Bertz CT molecular complexity index is 268. The van der Waals surface area contributed by atoms with Crippen LogP contribution in [-0.2, 0) is 14.3 Å². The zero-order valence-corrected chi connectivity index (χ0v) is 10.3. The first kappa shape index (κ1) is 13.0. The Labute approximate surface area is 96.7 Å². The van der Waals surface area contributed by atoms with Gasteiger partial charge in [0, 0.05) is 19.4 Å². The van der Waals surface area contributed by atoms with Crippen molar-refractivity contribution in [3.05, 3.63) is 0 Å². The molecule has 4 nitrogen and oxygen atoms in total. The van der Waals surface area contributed by atoms with Crippen LogP contribution in [-0.4, -0.2) is 24.0 Å². The third-order valence-electron chi connectivity index (χ3n) is 2.53. The molecule has 4 heteroatoms. The van der Waals surface area contributed by atoms with E-state index in [9.17, 15) is 9.59 Å². The molecule has 1 unspecified atom stereocenters. The Kier molecular flexibility index (Phi) is 4.33. The van der Waals surface area contributed by atoms with E-state index in [-0.39, 0.29) is 17.8 Å². The molecule has 0 aliphatic carbocycles. The number of hydrogen-bond donors (Lipinski definition) is 1. The van der Waals surface area contributed by atoms with E-state index in [0.29, 0.717) is 19.4 Å². The van der Waals surface area contributed by atoms with Crippen LogP contribution >= 0.6 is 0 Å². The molecule has 0 aromatic rings. The first-order valence-corrected chi connectivity index (χ1v) is 5.85. The highest BCUT2D eigenvalue weighted by atomic mass is 16.6. The highest BCUT2D eigenvalue weighted by Crippen LogP contribution is 2.20. The standard InChI is InChI=1S/C12H21NO3/c1-12(2,3)16-11(15)8-9-4-5-10(14)13-7-6-9/h9H,4-8H2,1-3H3,(H,13,14). The van der Waals surface area contributed by atoms with Crippen LogP contribution in [0, 0.1) is 5.92 Å². The van der Waals surface area contributed by atoms with Crippen LogP contribution in [0.1, 0.15) is 46.5 Å². The van der Waals surface area contributed by atoms with Crippen molar-refractivity contribution in [1.29, 1.82) is 0 Å². The fourth-order valence-electron chi connectivity index (χ4n) is 1.81. The Balaban J connectivity index is 2.36. The van der Waals surface area contributed by atoms with Gasteiger partial charge in [0.25, 0.3) is 0 Å². The lowest BCUT2D eigenvalue weighted by Gasteiger charge is -2.21. The second-order valence-corrected chi connectivity index (χ2v) is 5.33. The average Bonchev–Trinajstić information content (AvgIpc) is 2.27. The van der Waals surface area contributed by atoms with Crippen molar-refractivity contribution in [2.45, 2.75) is 52.1 Å². The molecule has 0 saturated carbocycles. The van der Waals surface area contributed by atoms with Crippen molar-refractivity contribution < 1.29 is 14.3 Å². The molecule has 0 spiro atoms. The van der Waals surface area contributed by atoms with Crippen molar-refractivity contribution in [1.82, 2.24) is 5.32 Å². The Morgan fingerprint density at radius 3 is 2.75 bits per heavy atom. The molecule has 1 atom stereocenters.